The highest BCUT2D eigenvalue weighted by atomic mass is 19.3. The molecule has 1 aromatic rings. The van der Waals surface area contributed by atoms with Gasteiger partial charge in [0.05, 0.1) is 5.69 Å². The minimum atomic E-state index is -3.07. The summed E-state index contributed by atoms with van der Waals surface area (Å²) < 4.78 is 24.1. The molecule has 0 fully saturated rings. The number of carbonyl (C=O) groups is 1. The topological polar surface area (TPSA) is 70.2 Å². The summed E-state index contributed by atoms with van der Waals surface area (Å²) in [7, 11) is 0. The van der Waals surface area contributed by atoms with Crippen LogP contribution in [0.25, 0.3) is 0 Å². The first-order valence-electron chi connectivity index (χ1n) is 3.25. The van der Waals surface area contributed by atoms with Gasteiger partial charge in [-0.25, -0.2) is 8.78 Å². The van der Waals surface area contributed by atoms with Crippen molar-refractivity contribution in [3.8, 4) is 5.75 Å². The summed E-state index contributed by atoms with van der Waals surface area (Å²) in [5, 5.41) is 8.91. The Balaban J connectivity index is 3.40. The normalized spacial score (nSPS) is 10.4. The Morgan fingerprint density at radius 3 is 2.54 bits per heavy atom. The van der Waals surface area contributed by atoms with Gasteiger partial charge in [0.25, 0.3) is 12.0 Å². The Morgan fingerprint density at radius 1 is 1.54 bits per heavy atom. The summed E-state index contributed by atoms with van der Waals surface area (Å²) in [6.07, 6.45) is -2.82. The van der Waals surface area contributed by atoms with Crippen LogP contribution in [0.4, 0.5) is 8.78 Å². The largest absolute Gasteiger partial charge is 0.507 e. The van der Waals surface area contributed by atoms with Gasteiger partial charge < -0.3 is 10.1 Å². The average molecular weight is 189 g/mol. The van der Waals surface area contributed by atoms with E-state index in [2.05, 4.69) is 0 Å². The fourth-order valence-electron chi connectivity index (χ4n) is 0.850. The molecule has 0 bridgehead atoms. The van der Waals surface area contributed by atoms with Crippen molar-refractivity contribution in [1.29, 1.82) is 0 Å². The van der Waals surface area contributed by atoms with E-state index in [1.54, 1.807) is 0 Å². The van der Waals surface area contributed by atoms with E-state index in [0.717, 1.165) is 6.07 Å². The van der Waals surface area contributed by atoms with Crippen molar-refractivity contribution in [1.82, 2.24) is 4.98 Å². The highest BCUT2D eigenvalue weighted by Crippen LogP contribution is 2.23. The molecule has 0 aliphatic heterocycles. The Labute approximate surface area is 70.8 Å². The van der Waals surface area contributed by atoms with Crippen LogP contribution >= 0.6 is 0 Å². The molecule has 70 valence electrons. The minimum absolute atomic E-state index is 0.244. The van der Waals surface area contributed by atoms with Crippen molar-refractivity contribution in [2.45, 2.75) is 6.43 Å². The van der Waals surface area contributed by atoms with E-state index in [1.165, 1.54) is 0 Å². The summed E-state index contributed by atoms with van der Waals surface area (Å²) in [6.45, 7) is 0. The van der Waals surface area contributed by atoms with E-state index in [1.807, 2.05) is 4.98 Å². The average Bonchev–Trinajstić information content (AvgIpc) is 2.02. The molecule has 0 atom stereocenters. The second kappa shape index (κ2) is 3.34. The number of hydrogen-bond donors (Lipinski definition) is 2. The number of nitrogens with one attached hydrogen (secondary N) is 1. The Bertz CT molecular complexity index is 386. The molecule has 0 unspecified atom stereocenters. The number of carbonyl (C=O) groups excluding carboxylic acids is 1. The number of hydrogen-bond acceptors (Lipinski definition) is 3. The summed E-state index contributed by atoms with van der Waals surface area (Å²) in [5.74, 6) is -0.874. The van der Waals surface area contributed by atoms with E-state index in [-0.39, 0.29) is 12.0 Å². The number of halogens is 2. The van der Waals surface area contributed by atoms with Gasteiger partial charge in [-0.1, -0.05) is 0 Å². The van der Waals surface area contributed by atoms with Crippen molar-refractivity contribution in [3.05, 3.63) is 27.7 Å². The van der Waals surface area contributed by atoms with Crippen molar-refractivity contribution in [3.63, 3.8) is 0 Å². The third kappa shape index (κ3) is 1.71. The quantitative estimate of drug-likeness (QED) is 0.677. The number of H-pyrrole nitrogens is 1. The van der Waals surface area contributed by atoms with Crippen LogP contribution in [-0.2, 0) is 0 Å². The number of aromatic hydroxyl groups is 1. The fourth-order valence-corrected chi connectivity index (χ4v) is 0.850. The van der Waals surface area contributed by atoms with Gasteiger partial charge in [-0.3, -0.25) is 9.59 Å². The summed E-state index contributed by atoms with van der Waals surface area (Å²) in [4.78, 5) is 22.8. The van der Waals surface area contributed by atoms with Gasteiger partial charge >= 0.3 is 0 Å². The summed E-state index contributed by atoms with van der Waals surface area (Å²) in [6, 6.07) is 0.774. The van der Waals surface area contributed by atoms with Gasteiger partial charge in [0, 0.05) is 6.07 Å². The predicted molar refractivity (Wildman–Crippen MR) is 39.1 cm³/mol. The summed E-state index contributed by atoms with van der Waals surface area (Å²) in [5.41, 5.74) is -2.42. The highest BCUT2D eigenvalue weighted by molar-refractivity contribution is 5.72. The molecule has 13 heavy (non-hydrogen) atoms. The van der Waals surface area contributed by atoms with Gasteiger partial charge in [0.2, 0.25) is 0 Å². The number of pyridine rings is 1. The Hall–Kier alpha value is -1.72. The van der Waals surface area contributed by atoms with E-state index in [4.69, 9.17) is 5.11 Å². The lowest BCUT2D eigenvalue weighted by Crippen LogP contribution is -2.14. The van der Waals surface area contributed by atoms with E-state index < -0.39 is 23.3 Å². The lowest BCUT2D eigenvalue weighted by atomic mass is 10.2. The molecule has 0 aromatic carbocycles. The zero-order chi connectivity index (χ0) is 10.0. The molecule has 1 rings (SSSR count). The van der Waals surface area contributed by atoms with Gasteiger partial charge in [0.1, 0.15) is 11.3 Å². The molecule has 0 aliphatic rings. The first-order valence-corrected chi connectivity index (χ1v) is 3.25. The van der Waals surface area contributed by atoms with E-state index in [9.17, 15) is 18.4 Å². The third-order valence-electron chi connectivity index (χ3n) is 1.42. The molecule has 0 amide bonds. The SMILES string of the molecule is O=Cc1cc(O)c(C(F)F)c(=O)[nH]1. The van der Waals surface area contributed by atoms with Crippen LogP contribution in [0.2, 0.25) is 0 Å². The molecule has 0 spiro atoms. The van der Waals surface area contributed by atoms with E-state index >= 15 is 0 Å². The Kier molecular flexibility index (Phi) is 2.41. The van der Waals surface area contributed by atoms with Crippen LogP contribution in [0.5, 0.6) is 5.75 Å². The molecule has 1 heterocycles. The van der Waals surface area contributed by atoms with Gasteiger partial charge in [0.15, 0.2) is 6.29 Å². The van der Waals surface area contributed by atoms with Crippen molar-refractivity contribution in [2.75, 3.05) is 0 Å². The zero-order valence-electron chi connectivity index (χ0n) is 6.25. The van der Waals surface area contributed by atoms with Crippen LogP contribution in [-0.4, -0.2) is 16.4 Å². The van der Waals surface area contributed by atoms with Gasteiger partial charge in [-0.15, -0.1) is 0 Å². The lowest BCUT2D eigenvalue weighted by Gasteiger charge is -2.01. The van der Waals surface area contributed by atoms with Crippen molar-refractivity contribution >= 4 is 6.29 Å². The first kappa shape index (κ1) is 9.37. The maximum Gasteiger partial charge on any atom is 0.272 e. The van der Waals surface area contributed by atoms with Gasteiger partial charge in [-0.2, -0.15) is 0 Å². The van der Waals surface area contributed by atoms with Gasteiger partial charge in [-0.05, 0) is 0 Å². The number of aromatic nitrogens is 1. The molecule has 2 N–H and O–H groups in total. The van der Waals surface area contributed by atoms with Crippen LogP contribution in [0.1, 0.15) is 22.5 Å². The molecule has 0 saturated carbocycles. The maximum absolute atomic E-state index is 12.1. The minimum Gasteiger partial charge on any atom is -0.507 e. The number of aromatic amines is 1. The van der Waals surface area contributed by atoms with Crippen molar-refractivity contribution in [2.24, 2.45) is 0 Å². The smallest absolute Gasteiger partial charge is 0.272 e. The molecule has 0 saturated heterocycles. The fraction of sp³-hybridized carbons (Fsp3) is 0.143. The Morgan fingerprint density at radius 2 is 2.15 bits per heavy atom. The van der Waals surface area contributed by atoms with E-state index in [0.29, 0.717) is 0 Å². The number of rotatable bonds is 2. The molecule has 0 aliphatic carbocycles. The van der Waals surface area contributed by atoms with Crippen LogP contribution < -0.4 is 5.56 Å². The molecular formula is C7H5F2NO3. The molecular weight excluding hydrogens is 184 g/mol. The number of aldehydes is 1. The van der Waals surface area contributed by atoms with Crippen molar-refractivity contribution < 1.29 is 18.7 Å². The molecule has 4 nitrogen and oxygen atoms in total. The summed E-state index contributed by atoms with van der Waals surface area (Å²) >= 11 is 0. The zero-order valence-corrected chi connectivity index (χ0v) is 6.25. The van der Waals surface area contributed by atoms with Crippen LogP contribution in [0.15, 0.2) is 10.9 Å². The maximum atomic E-state index is 12.1. The molecule has 6 heteroatoms. The monoisotopic (exact) mass is 189 g/mol. The lowest BCUT2D eigenvalue weighted by molar-refractivity contribution is 0.111. The molecule has 0 radical (unpaired) electrons. The second-order valence-corrected chi connectivity index (χ2v) is 2.27. The van der Waals surface area contributed by atoms with Crippen LogP contribution in [0, 0.1) is 0 Å². The highest BCUT2D eigenvalue weighted by Gasteiger charge is 2.17. The molecule has 1 aromatic heterocycles. The second-order valence-electron chi connectivity index (χ2n) is 2.27. The number of alkyl halides is 2. The van der Waals surface area contributed by atoms with Crippen LogP contribution in [0.3, 0.4) is 0 Å². The standard InChI is InChI=1S/C7H5F2NO3/c8-6(9)5-4(12)1-3(2-11)10-7(5)13/h1-2,6H,(H2,10,12,13). The third-order valence-corrected chi connectivity index (χ3v) is 1.42. The predicted octanol–water partition coefficient (Wildman–Crippen LogP) is 0.831. The first-order chi connectivity index (χ1) is 6.06.